The highest BCUT2D eigenvalue weighted by molar-refractivity contribution is 5.95. The number of amides is 1. The lowest BCUT2D eigenvalue weighted by molar-refractivity contribution is 0.0791. The molecule has 172 valence electrons. The molecular weight excluding hydrogens is 416 g/mol. The molecule has 1 N–H and O–H groups in total. The van der Waals surface area contributed by atoms with Crippen molar-refractivity contribution in [3.63, 3.8) is 0 Å². The van der Waals surface area contributed by atoms with E-state index >= 15 is 0 Å². The lowest BCUT2D eigenvalue weighted by Gasteiger charge is -2.19. The molecule has 3 aromatic rings. The summed E-state index contributed by atoms with van der Waals surface area (Å²) in [4.78, 5) is 15.0. The third kappa shape index (κ3) is 6.19. The van der Waals surface area contributed by atoms with Crippen molar-refractivity contribution >= 4 is 11.6 Å². The number of hydrogen-bond donors (Lipinski definition) is 1. The minimum absolute atomic E-state index is 0.00674. The lowest BCUT2D eigenvalue weighted by atomic mass is 10.1. The van der Waals surface area contributed by atoms with Crippen LogP contribution in [-0.2, 0) is 0 Å². The number of rotatable bonds is 10. The van der Waals surface area contributed by atoms with E-state index in [0.717, 1.165) is 24.4 Å². The quantitative estimate of drug-likeness (QED) is 0.450. The van der Waals surface area contributed by atoms with Crippen LogP contribution in [0.25, 0.3) is 0 Å². The average molecular weight is 447 g/mol. The van der Waals surface area contributed by atoms with Crippen molar-refractivity contribution in [2.45, 2.75) is 19.4 Å². The van der Waals surface area contributed by atoms with Crippen molar-refractivity contribution in [1.82, 2.24) is 4.90 Å². The molecule has 0 spiro atoms. The summed E-state index contributed by atoms with van der Waals surface area (Å²) in [7, 11) is 0. The van der Waals surface area contributed by atoms with Gasteiger partial charge in [0.1, 0.15) is 19.0 Å². The highest BCUT2D eigenvalue weighted by Gasteiger charge is 2.27. The first-order valence-corrected chi connectivity index (χ1v) is 11.4. The maximum Gasteiger partial charge on any atom is 0.254 e. The van der Waals surface area contributed by atoms with Gasteiger partial charge in [-0.1, -0.05) is 36.4 Å². The zero-order chi connectivity index (χ0) is 22.9. The SMILES string of the molecule is CCOc1cc(C(=O)N2CCC(Nc3ccccc3)C2)ccc1OCCOc1ccccc1. The molecule has 0 aromatic heterocycles. The van der Waals surface area contributed by atoms with Gasteiger partial charge in [-0.05, 0) is 55.8 Å². The molecule has 6 heteroatoms. The molecule has 0 radical (unpaired) electrons. The molecule has 1 saturated heterocycles. The second-order valence-corrected chi connectivity index (χ2v) is 7.85. The van der Waals surface area contributed by atoms with Crippen molar-refractivity contribution < 1.29 is 19.0 Å². The van der Waals surface area contributed by atoms with E-state index in [1.54, 1.807) is 18.2 Å². The van der Waals surface area contributed by atoms with Gasteiger partial charge in [0.25, 0.3) is 5.91 Å². The number of nitrogens with one attached hydrogen (secondary N) is 1. The van der Waals surface area contributed by atoms with Crippen LogP contribution in [0.2, 0.25) is 0 Å². The van der Waals surface area contributed by atoms with E-state index in [-0.39, 0.29) is 11.9 Å². The fourth-order valence-electron chi connectivity index (χ4n) is 3.87. The summed E-state index contributed by atoms with van der Waals surface area (Å²) in [5.74, 6) is 1.99. The minimum Gasteiger partial charge on any atom is -0.490 e. The molecule has 0 saturated carbocycles. The van der Waals surface area contributed by atoms with E-state index in [0.29, 0.717) is 43.4 Å². The Morgan fingerprint density at radius 1 is 0.909 bits per heavy atom. The Hall–Kier alpha value is -3.67. The number of hydrogen-bond acceptors (Lipinski definition) is 5. The minimum atomic E-state index is 0.00674. The van der Waals surface area contributed by atoms with Crippen molar-refractivity contribution in [2.75, 3.05) is 38.2 Å². The van der Waals surface area contributed by atoms with Gasteiger partial charge in [-0.2, -0.15) is 0 Å². The van der Waals surface area contributed by atoms with E-state index in [2.05, 4.69) is 5.32 Å². The predicted molar refractivity (Wildman–Crippen MR) is 129 cm³/mol. The van der Waals surface area contributed by atoms with Crippen LogP contribution < -0.4 is 19.5 Å². The summed E-state index contributed by atoms with van der Waals surface area (Å²) >= 11 is 0. The van der Waals surface area contributed by atoms with Gasteiger partial charge in [-0.3, -0.25) is 4.79 Å². The summed E-state index contributed by atoms with van der Waals surface area (Å²) in [6.07, 6.45) is 0.918. The molecule has 1 aliphatic heterocycles. The first-order chi connectivity index (χ1) is 16.2. The van der Waals surface area contributed by atoms with Crippen LogP contribution in [-0.4, -0.2) is 49.8 Å². The summed E-state index contributed by atoms with van der Waals surface area (Å²) in [6, 6.07) is 25.3. The van der Waals surface area contributed by atoms with Crippen LogP contribution in [0.3, 0.4) is 0 Å². The van der Waals surface area contributed by atoms with Gasteiger partial charge >= 0.3 is 0 Å². The Labute approximate surface area is 195 Å². The van der Waals surface area contributed by atoms with Gasteiger partial charge in [-0.15, -0.1) is 0 Å². The van der Waals surface area contributed by atoms with Gasteiger partial charge < -0.3 is 24.4 Å². The van der Waals surface area contributed by atoms with Gasteiger partial charge in [0.15, 0.2) is 11.5 Å². The molecule has 0 bridgehead atoms. The molecule has 33 heavy (non-hydrogen) atoms. The number of carbonyl (C=O) groups excluding carboxylic acids is 1. The first-order valence-electron chi connectivity index (χ1n) is 11.4. The maximum absolute atomic E-state index is 13.1. The largest absolute Gasteiger partial charge is 0.490 e. The Bertz CT molecular complexity index is 1030. The number of nitrogens with zero attached hydrogens (tertiary/aromatic N) is 1. The zero-order valence-electron chi connectivity index (χ0n) is 18.9. The normalized spacial score (nSPS) is 15.2. The van der Waals surface area contributed by atoms with Crippen molar-refractivity contribution in [1.29, 1.82) is 0 Å². The number of anilines is 1. The highest BCUT2D eigenvalue weighted by atomic mass is 16.5. The van der Waals surface area contributed by atoms with Gasteiger partial charge in [-0.25, -0.2) is 0 Å². The standard InChI is InChI=1S/C27H30N2O4/c1-2-31-26-19-21(13-14-25(26)33-18-17-32-24-11-7-4-8-12-24)27(30)29-16-15-23(20-29)28-22-9-5-3-6-10-22/h3-14,19,23,28H,2,15-18,20H2,1H3. The molecular formula is C27H30N2O4. The third-order valence-electron chi connectivity index (χ3n) is 5.46. The molecule has 0 aliphatic carbocycles. The molecule has 4 rings (SSSR count). The Morgan fingerprint density at radius 3 is 2.39 bits per heavy atom. The molecule has 1 amide bonds. The molecule has 1 fully saturated rings. The Balaban J connectivity index is 1.33. The number of carbonyl (C=O) groups is 1. The van der Waals surface area contributed by atoms with Crippen LogP contribution in [0.5, 0.6) is 17.2 Å². The molecule has 1 unspecified atom stereocenters. The van der Waals surface area contributed by atoms with Crippen LogP contribution >= 0.6 is 0 Å². The van der Waals surface area contributed by atoms with E-state index in [1.807, 2.05) is 72.5 Å². The second-order valence-electron chi connectivity index (χ2n) is 7.85. The summed E-state index contributed by atoms with van der Waals surface area (Å²) < 4.78 is 17.3. The van der Waals surface area contributed by atoms with Gasteiger partial charge in [0, 0.05) is 30.4 Å². The van der Waals surface area contributed by atoms with E-state index in [4.69, 9.17) is 14.2 Å². The number of likely N-dealkylation sites (tertiary alicyclic amines) is 1. The highest BCUT2D eigenvalue weighted by Crippen LogP contribution is 2.30. The second kappa shape index (κ2) is 11.3. The van der Waals surface area contributed by atoms with E-state index < -0.39 is 0 Å². The molecule has 1 heterocycles. The van der Waals surface area contributed by atoms with E-state index in [1.165, 1.54) is 0 Å². The number of ether oxygens (including phenoxy) is 3. The molecule has 1 aliphatic rings. The lowest BCUT2D eigenvalue weighted by Crippen LogP contribution is -2.31. The van der Waals surface area contributed by atoms with Gasteiger partial charge in [0.2, 0.25) is 0 Å². The van der Waals surface area contributed by atoms with Crippen LogP contribution in [0, 0.1) is 0 Å². The third-order valence-corrected chi connectivity index (χ3v) is 5.46. The maximum atomic E-state index is 13.1. The molecule has 3 aromatic carbocycles. The summed E-state index contributed by atoms with van der Waals surface area (Å²) in [5.41, 5.74) is 1.68. The Morgan fingerprint density at radius 2 is 1.64 bits per heavy atom. The smallest absolute Gasteiger partial charge is 0.254 e. The summed E-state index contributed by atoms with van der Waals surface area (Å²) in [5, 5.41) is 3.51. The fraction of sp³-hybridized carbons (Fsp3) is 0.296. The van der Waals surface area contributed by atoms with Gasteiger partial charge in [0.05, 0.1) is 6.61 Å². The molecule has 1 atom stereocenters. The fourth-order valence-corrected chi connectivity index (χ4v) is 3.87. The molecule has 6 nitrogen and oxygen atoms in total. The van der Waals surface area contributed by atoms with Crippen molar-refractivity contribution in [3.05, 3.63) is 84.4 Å². The topological polar surface area (TPSA) is 60.0 Å². The average Bonchev–Trinajstić information content (AvgIpc) is 3.32. The Kier molecular flexibility index (Phi) is 7.69. The van der Waals surface area contributed by atoms with Crippen LogP contribution in [0.4, 0.5) is 5.69 Å². The van der Waals surface area contributed by atoms with Crippen molar-refractivity contribution in [3.8, 4) is 17.2 Å². The number of benzene rings is 3. The van der Waals surface area contributed by atoms with Crippen LogP contribution in [0.15, 0.2) is 78.9 Å². The van der Waals surface area contributed by atoms with E-state index in [9.17, 15) is 4.79 Å². The predicted octanol–water partition coefficient (Wildman–Crippen LogP) is 4.87. The first kappa shape index (κ1) is 22.5. The monoisotopic (exact) mass is 446 g/mol. The van der Waals surface area contributed by atoms with Crippen molar-refractivity contribution in [2.24, 2.45) is 0 Å². The summed E-state index contributed by atoms with van der Waals surface area (Å²) in [6.45, 7) is 4.59. The van der Waals surface area contributed by atoms with Crippen LogP contribution in [0.1, 0.15) is 23.7 Å². The number of para-hydroxylation sites is 2. The zero-order valence-corrected chi connectivity index (χ0v) is 18.9.